The maximum absolute atomic E-state index is 13.2. The maximum atomic E-state index is 13.2. The minimum Gasteiger partial charge on any atom is -0.497 e. The molecule has 3 amide bonds. The molecule has 172 valence electrons. The molecule has 1 aromatic heterocycles. The van der Waals surface area contributed by atoms with Gasteiger partial charge in [-0.05, 0) is 48.4 Å². The summed E-state index contributed by atoms with van der Waals surface area (Å²) in [5.74, 6) is 1.31. The van der Waals surface area contributed by atoms with Crippen molar-refractivity contribution in [2.75, 3.05) is 19.1 Å². The van der Waals surface area contributed by atoms with Crippen LogP contribution in [0.3, 0.4) is 0 Å². The number of anilines is 1. The molecular weight excluding hydrogens is 444 g/mol. The van der Waals surface area contributed by atoms with E-state index in [2.05, 4.69) is 15.6 Å². The van der Waals surface area contributed by atoms with E-state index in [0.717, 1.165) is 28.3 Å². The van der Waals surface area contributed by atoms with Crippen LogP contribution in [0.25, 0.3) is 0 Å². The van der Waals surface area contributed by atoms with Crippen LogP contribution in [0.1, 0.15) is 22.5 Å². The fourth-order valence-corrected chi connectivity index (χ4v) is 4.52. The normalized spacial score (nSPS) is 16.9. The highest BCUT2D eigenvalue weighted by atomic mass is 35.5. The lowest BCUT2D eigenvalue weighted by Crippen LogP contribution is -2.40. The molecule has 3 heterocycles. The van der Waals surface area contributed by atoms with Gasteiger partial charge in [0.1, 0.15) is 17.5 Å². The van der Waals surface area contributed by atoms with Gasteiger partial charge in [0.2, 0.25) is 0 Å². The number of hydrogen-bond acceptors (Lipinski definition) is 5. The van der Waals surface area contributed by atoms with E-state index in [1.807, 2.05) is 19.1 Å². The van der Waals surface area contributed by atoms with Crippen molar-refractivity contribution < 1.29 is 19.1 Å². The van der Waals surface area contributed by atoms with Crippen LogP contribution in [-0.4, -0.2) is 46.7 Å². The van der Waals surface area contributed by atoms with Gasteiger partial charge in [0, 0.05) is 18.7 Å². The molecule has 0 radical (unpaired) electrons. The molecule has 9 heteroatoms. The second-order valence-corrected chi connectivity index (χ2v) is 8.07. The second kappa shape index (κ2) is 8.78. The minimum absolute atomic E-state index is 0. The zero-order valence-electron chi connectivity index (χ0n) is 18.6. The minimum atomic E-state index is -0.523. The maximum Gasteiger partial charge on any atom is 0.332 e. The monoisotopic (exact) mass is 468 g/mol. The molecule has 8 nitrogen and oxygen atoms in total. The Morgan fingerprint density at radius 3 is 2.48 bits per heavy atom. The molecule has 2 aliphatic rings. The van der Waals surface area contributed by atoms with Gasteiger partial charge in [-0.3, -0.25) is 4.79 Å². The number of aromatic nitrogens is 2. The van der Waals surface area contributed by atoms with Gasteiger partial charge in [-0.2, -0.15) is 0 Å². The Kier molecular flexibility index (Phi) is 6.03. The van der Waals surface area contributed by atoms with Crippen molar-refractivity contribution in [2.45, 2.75) is 32.5 Å². The summed E-state index contributed by atoms with van der Waals surface area (Å²) in [4.78, 5) is 33.7. The van der Waals surface area contributed by atoms with Gasteiger partial charge in [0.15, 0.2) is 0 Å². The summed E-state index contributed by atoms with van der Waals surface area (Å²) in [5, 5.41) is 0. The van der Waals surface area contributed by atoms with Gasteiger partial charge in [-0.1, -0.05) is 12.1 Å². The number of urea groups is 1. The highest BCUT2D eigenvalue weighted by molar-refractivity contribution is 6.21. The summed E-state index contributed by atoms with van der Waals surface area (Å²) in [5.41, 5.74) is 4.57. The van der Waals surface area contributed by atoms with E-state index in [-0.39, 0.29) is 24.3 Å². The summed E-state index contributed by atoms with van der Waals surface area (Å²) in [7, 11) is 3.24. The van der Waals surface area contributed by atoms with Crippen molar-refractivity contribution in [3.63, 3.8) is 0 Å². The van der Waals surface area contributed by atoms with E-state index >= 15 is 0 Å². The van der Waals surface area contributed by atoms with Crippen LogP contribution in [0.15, 0.2) is 48.8 Å². The molecule has 1 fully saturated rings. The van der Waals surface area contributed by atoms with Gasteiger partial charge in [-0.25, -0.2) is 14.7 Å². The second-order valence-electron chi connectivity index (χ2n) is 8.07. The molecule has 1 saturated heterocycles. The molecule has 1 atom stereocenters. The molecule has 5 rings (SSSR count). The number of halogens is 1. The van der Waals surface area contributed by atoms with E-state index < -0.39 is 6.04 Å². The third kappa shape index (κ3) is 3.80. The Bertz CT molecular complexity index is 1210. The number of aryl methyl sites for hydroxylation is 1. The van der Waals surface area contributed by atoms with Crippen molar-refractivity contribution in [1.82, 2.24) is 14.5 Å². The van der Waals surface area contributed by atoms with Gasteiger partial charge in [0.25, 0.3) is 5.91 Å². The van der Waals surface area contributed by atoms with Crippen molar-refractivity contribution in [1.29, 1.82) is 0 Å². The molecular formula is C24H25ClN4O4. The number of rotatable bonds is 5. The highest BCUT2D eigenvalue weighted by Gasteiger charge is 2.49. The predicted molar refractivity (Wildman–Crippen MR) is 125 cm³/mol. The lowest BCUT2D eigenvalue weighted by atomic mass is 10.0. The van der Waals surface area contributed by atoms with Gasteiger partial charge >= 0.3 is 6.03 Å². The van der Waals surface area contributed by atoms with E-state index in [1.165, 1.54) is 4.90 Å². The molecule has 2 aliphatic heterocycles. The number of ether oxygens (including phenoxy) is 2. The van der Waals surface area contributed by atoms with Crippen LogP contribution in [-0.2, 0) is 24.3 Å². The van der Waals surface area contributed by atoms with E-state index in [9.17, 15) is 9.59 Å². The standard InChI is InChI=1S/C24H24N4O4.ClH/c1-15-10-16(4-9-22(15)32-3)12-26-14-25-19-13-27-21(11-20(19)26)23(29)28(24(27)30)17-5-7-18(31-2)8-6-17;/h4-10,14,21H,11-13H2,1-3H3;1H/t21-;/m0./s1. The first-order chi connectivity index (χ1) is 15.5. The first kappa shape index (κ1) is 22.7. The van der Waals surface area contributed by atoms with Crippen molar-refractivity contribution in [2.24, 2.45) is 0 Å². The quantitative estimate of drug-likeness (QED) is 0.535. The third-order valence-electron chi connectivity index (χ3n) is 6.20. The molecule has 0 spiro atoms. The van der Waals surface area contributed by atoms with Gasteiger partial charge < -0.3 is 18.9 Å². The molecule has 0 unspecified atom stereocenters. The van der Waals surface area contributed by atoms with Crippen LogP contribution in [0, 0.1) is 6.92 Å². The molecule has 0 bridgehead atoms. The number of benzene rings is 2. The Morgan fingerprint density at radius 2 is 1.82 bits per heavy atom. The van der Waals surface area contributed by atoms with Crippen LogP contribution in [0.2, 0.25) is 0 Å². The summed E-state index contributed by atoms with van der Waals surface area (Å²) in [6, 6.07) is 12.2. The average molecular weight is 469 g/mol. The largest absolute Gasteiger partial charge is 0.497 e. The zero-order chi connectivity index (χ0) is 22.4. The molecule has 33 heavy (non-hydrogen) atoms. The molecule has 3 aromatic rings. The number of carbonyl (C=O) groups is 2. The zero-order valence-corrected chi connectivity index (χ0v) is 19.5. The fourth-order valence-electron chi connectivity index (χ4n) is 4.52. The first-order valence-electron chi connectivity index (χ1n) is 10.4. The number of nitrogens with zero attached hydrogens (tertiary/aromatic N) is 4. The number of hydrogen-bond donors (Lipinski definition) is 0. The highest BCUT2D eigenvalue weighted by Crippen LogP contribution is 2.33. The Morgan fingerprint density at radius 1 is 1.06 bits per heavy atom. The molecule has 2 aromatic carbocycles. The first-order valence-corrected chi connectivity index (χ1v) is 10.4. The van der Waals surface area contributed by atoms with Gasteiger partial charge in [-0.15, -0.1) is 12.4 Å². The molecule has 0 N–H and O–H groups in total. The van der Waals surface area contributed by atoms with Crippen molar-refractivity contribution in [3.8, 4) is 11.5 Å². The molecule has 0 saturated carbocycles. The fraction of sp³-hybridized carbons (Fsp3) is 0.292. The number of amides is 3. The van der Waals surface area contributed by atoms with E-state index in [0.29, 0.717) is 30.9 Å². The number of methoxy groups -OCH3 is 2. The lowest BCUT2D eigenvalue weighted by Gasteiger charge is -2.27. The SMILES string of the molecule is COc1ccc(N2C(=O)[C@@H]3Cc4c(ncn4Cc4ccc(OC)c(C)c4)CN3C2=O)cc1.Cl. The van der Waals surface area contributed by atoms with E-state index in [1.54, 1.807) is 49.7 Å². The summed E-state index contributed by atoms with van der Waals surface area (Å²) in [6.45, 7) is 2.98. The Hall–Kier alpha value is -3.52. The number of fused-ring (bicyclic) bond motifs is 2. The summed E-state index contributed by atoms with van der Waals surface area (Å²) < 4.78 is 12.6. The number of imide groups is 1. The topological polar surface area (TPSA) is 76.9 Å². The molecule has 0 aliphatic carbocycles. The smallest absolute Gasteiger partial charge is 0.332 e. The van der Waals surface area contributed by atoms with E-state index in [4.69, 9.17) is 9.47 Å². The van der Waals surface area contributed by atoms with Gasteiger partial charge in [0.05, 0.1) is 38.5 Å². The van der Waals surface area contributed by atoms with Crippen LogP contribution < -0.4 is 14.4 Å². The average Bonchev–Trinajstić information content (AvgIpc) is 3.30. The summed E-state index contributed by atoms with van der Waals surface area (Å²) in [6.07, 6.45) is 2.24. The number of imidazole rings is 1. The number of carbonyl (C=O) groups excluding carboxylic acids is 2. The van der Waals surface area contributed by atoms with Crippen LogP contribution in [0.5, 0.6) is 11.5 Å². The lowest BCUT2D eigenvalue weighted by molar-refractivity contribution is -0.120. The van der Waals surface area contributed by atoms with Crippen LogP contribution in [0.4, 0.5) is 10.5 Å². The Balaban J connectivity index is 0.00000259. The van der Waals surface area contributed by atoms with Crippen LogP contribution >= 0.6 is 12.4 Å². The third-order valence-corrected chi connectivity index (χ3v) is 6.20. The Labute approximate surface area is 198 Å². The van der Waals surface area contributed by atoms with Crippen molar-refractivity contribution >= 4 is 30.0 Å². The van der Waals surface area contributed by atoms with Crippen molar-refractivity contribution in [3.05, 3.63) is 71.3 Å². The predicted octanol–water partition coefficient (Wildman–Crippen LogP) is 3.57. The summed E-state index contributed by atoms with van der Waals surface area (Å²) >= 11 is 0.